The zero-order chi connectivity index (χ0) is 13.0. The lowest BCUT2D eigenvalue weighted by Crippen LogP contribution is -1.97. The number of ether oxygens (including phenoxy) is 1. The Bertz CT molecular complexity index is 529. The van der Waals surface area contributed by atoms with Gasteiger partial charge >= 0.3 is 0 Å². The summed E-state index contributed by atoms with van der Waals surface area (Å²) in [4.78, 5) is 15.4. The average molecular weight is 234 g/mol. The lowest BCUT2D eigenvalue weighted by Gasteiger charge is -2.07. The molecule has 0 saturated carbocycles. The van der Waals surface area contributed by atoms with Crippen molar-refractivity contribution in [3.8, 4) is 5.88 Å². The normalized spacial score (nSPS) is 9.71. The van der Waals surface area contributed by atoms with Crippen LogP contribution in [-0.2, 0) is 0 Å². The van der Waals surface area contributed by atoms with Crippen LogP contribution in [0.25, 0.3) is 5.52 Å². The minimum Gasteiger partial charge on any atom is -0.482 e. The summed E-state index contributed by atoms with van der Waals surface area (Å²) in [5, 5.41) is 0. The number of Topliss-reactive ketones (excluding diaryl/α,β-unsaturated/α-hetero) is 1. The van der Waals surface area contributed by atoms with Gasteiger partial charge in [-0.1, -0.05) is 19.9 Å². The van der Waals surface area contributed by atoms with Gasteiger partial charge in [0, 0.05) is 12.5 Å². The van der Waals surface area contributed by atoms with Crippen LogP contribution in [0.4, 0.5) is 0 Å². The van der Waals surface area contributed by atoms with Gasteiger partial charge in [-0.05, 0) is 13.0 Å². The highest BCUT2D eigenvalue weighted by atomic mass is 16.5. The summed E-state index contributed by atoms with van der Waals surface area (Å²) in [5.74, 6) is 0.677. The van der Waals surface area contributed by atoms with Crippen LogP contribution in [0.3, 0.4) is 0 Å². The Morgan fingerprint density at radius 1 is 1.35 bits per heavy atom. The number of methoxy groups -OCH3 is 1. The Kier molecular flexibility index (Phi) is 4.26. The van der Waals surface area contributed by atoms with Gasteiger partial charge in [0.05, 0.1) is 12.6 Å². The number of carbonyl (C=O) groups is 1. The molecule has 0 atom stereocenters. The van der Waals surface area contributed by atoms with E-state index in [0.717, 1.165) is 11.1 Å². The van der Waals surface area contributed by atoms with Gasteiger partial charge in [-0.15, -0.1) is 0 Å². The summed E-state index contributed by atoms with van der Waals surface area (Å²) in [6, 6.07) is 3.80. The van der Waals surface area contributed by atoms with Gasteiger partial charge in [-0.3, -0.25) is 9.20 Å². The average Bonchev–Trinajstić information content (AvgIpc) is 2.75. The van der Waals surface area contributed by atoms with Crippen LogP contribution < -0.4 is 4.74 Å². The molecule has 4 heteroatoms. The van der Waals surface area contributed by atoms with Crippen LogP contribution in [0, 0.1) is 6.92 Å². The molecule has 2 aromatic rings. The van der Waals surface area contributed by atoms with Crippen molar-refractivity contribution in [3.05, 3.63) is 29.7 Å². The molecule has 92 valence electrons. The Hall–Kier alpha value is -1.84. The minimum absolute atomic E-state index is 0.0385. The smallest absolute Gasteiger partial charge is 0.202 e. The maximum Gasteiger partial charge on any atom is 0.202 e. The number of aryl methyl sites for hydroxylation is 1. The quantitative estimate of drug-likeness (QED) is 0.750. The summed E-state index contributed by atoms with van der Waals surface area (Å²) >= 11 is 0. The molecule has 0 N–H and O–H groups in total. The summed E-state index contributed by atoms with van der Waals surface area (Å²) < 4.78 is 7.05. The third kappa shape index (κ3) is 2.30. The molecular formula is C13H18N2O2. The van der Waals surface area contributed by atoms with E-state index in [1.807, 2.05) is 32.9 Å². The first-order chi connectivity index (χ1) is 8.15. The fraction of sp³-hybridized carbons (Fsp3) is 0.385. The first-order valence-corrected chi connectivity index (χ1v) is 5.66. The van der Waals surface area contributed by atoms with Crippen molar-refractivity contribution >= 4 is 11.3 Å². The zero-order valence-corrected chi connectivity index (χ0v) is 10.9. The Labute approximate surface area is 101 Å². The molecule has 0 spiro atoms. The van der Waals surface area contributed by atoms with Gasteiger partial charge in [0.1, 0.15) is 12.0 Å². The van der Waals surface area contributed by atoms with E-state index < -0.39 is 0 Å². The molecule has 0 aliphatic rings. The minimum atomic E-state index is -0.0385. The van der Waals surface area contributed by atoms with E-state index in [-0.39, 0.29) is 5.78 Å². The Morgan fingerprint density at radius 3 is 2.53 bits per heavy atom. The summed E-state index contributed by atoms with van der Waals surface area (Å²) in [6.45, 7) is 7.46. The number of rotatable bonds is 2. The number of aromatic nitrogens is 2. The number of pyridine rings is 1. The van der Waals surface area contributed by atoms with Gasteiger partial charge in [-0.25, -0.2) is 4.98 Å². The van der Waals surface area contributed by atoms with E-state index in [0.29, 0.717) is 11.6 Å². The largest absolute Gasteiger partial charge is 0.482 e. The number of hydrogen-bond acceptors (Lipinski definition) is 3. The van der Waals surface area contributed by atoms with Crippen molar-refractivity contribution in [2.24, 2.45) is 0 Å². The van der Waals surface area contributed by atoms with Gasteiger partial charge in [0.15, 0.2) is 5.78 Å². The van der Waals surface area contributed by atoms with Crippen molar-refractivity contribution in [1.82, 2.24) is 9.38 Å². The fourth-order valence-electron chi connectivity index (χ4n) is 1.67. The molecule has 0 aromatic carbocycles. The third-order valence-corrected chi connectivity index (χ3v) is 2.38. The number of ketones is 1. The molecule has 0 saturated heterocycles. The van der Waals surface area contributed by atoms with Crippen LogP contribution in [-0.4, -0.2) is 22.3 Å². The topological polar surface area (TPSA) is 43.6 Å². The molecular weight excluding hydrogens is 216 g/mol. The van der Waals surface area contributed by atoms with Crippen molar-refractivity contribution < 1.29 is 9.53 Å². The van der Waals surface area contributed by atoms with E-state index in [4.69, 9.17) is 4.74 Å². The van der Waals surface area contributed by atoms with Crippen LogP contribution in [0.5, 0.6) is 5.88 Å². The number of nitrogens with zero attached hydrogens (tertiary/aromatic N) is 2. The second kappa shape index (κ2) is 5.48. The first kappa shape index (κ1) is 13.2. The standard InChI is InChI=1S/C11H12N2O2.C2H6/c1-7-4-5-9-10(8(2)14)12-6-13(9)11(7)15-3;1-2/h4-6H,1-3H3;1-2H3. The van der Waals surface area contributed by atoms with Gasteiger partial charge < -0.3 is 4.74 Å². The number of carbonyl (C=O) groups excluding carboxylic acids is 1. The Balaban J connectivity index is 0.000000686. The van der Waals surface area contributed by atoms with Crippen molar-refractivity contribution in [3.63, 3.8) is 0 Å². The first-order valence-electron chi connectivity index (χ1n) is 5.66. The summed E-state index contributed by atoms with van der Waals surface area (Å²) in [7, 11) is 1.61. The van der Waals surface area contributed by atoms with Crippen LogP contribution in [0.15, 0.2) is 18.5 Å². The predicted molar refractivity (Wildman–Crippen MR) is 67.8 cm³/mol. The monoisotopic (exact) mass is 234 g/mol. The number of imidazole rings is 1. The molecule has 2 heterocycles. The molecule has 0 radical (unpaired) electrons. The van der Waals surface area contributed by atoms with Crippen molar-refractivity contribution in [1.29, 1.82) is 0 Å². The second-order valence-corrected chi connectivity index (χ2v) is 3.43. The van der Waals surface area contributed by atoms with E-state index in [9.17, 15) is 4.79 Å². The molecule has 0 aliphatic heterocycles. The van der Waals surface area contributed by atoms with Crippen molar-refractivity contribution in [2.75, 3.05) is 7.11 Å². The maximum absolute atomic E-state index is 11.3. The lowest BCUT2D eigenvalue weighted by atomic mass is 10.2. The highest BCUT2D eigenvalue weighted by molar-refractivity contribution is 5.98. The molecule has 0 fully saturated rings. The second-order valence-electron chi connectivity index (χ2n) is 3.43. The molecule has 0 amide bonds. The molecule has 17 heavy (non-hydrogen) atoms. The van der Waals surface area contributed by atoms with Crippen LogP contribution in [0.2, 0.25) is 0 Å². The lowest BCUT2D eigenvalue weighted by molar-refractivity contribution is 0.101. The molecule has 2 aromatic heterocycles. The van der Waals surface area contributed by atoms with E-state index in [1.54, 1.807) is 17.8 Å². The molecule has 2 rings (SSSR count). The highest BCUT2D eigenvalue weighted by Crippen LogP contribution is 2.21. The number of hydrogen-bond donors (Lipinski definition) is 0. The van der Waals surface area contributed by atoms with Crippen LogP contribution >= 0.6 is 0 Å². The van der Waals surface area contributed by atoms with Crippen LogP contribution in [0.1, 0.15) is 36.8 Å². The molecule has 0 aliphatic carbocycles. The van der Waals surface area contributed by atoms with Gasteiger partial charge in [-0.2, -0.15) is 0 Å². The SMILES string of the molecule is CC.COc1c(C)ccc2c(C(C)=O)ncn12. The number of fused-ring (bicyclic) bond motifs is 1. The van der Waals surface area contributed by atoms with E-state index >= 15 is 0 Å². The Morgan fingerprint density at radius 2 is 2.00 bits per heavy atom. The summed E-state index contributed by atoms with van der Waals surface area (Å²) in [5.41, 5.74) is 2.27. The maximum atomic E-state index is 11.3. The fourth-order valence-corrected chi connectivity index (χ4v) is 1.67. The van der Waals surface area contributed by atoms with Gasteiger partial charge in [0.25, 0.3) is 0 Å². The predicted octanol–water partition coefficient (Wildman–Crippen LogP) is 2.88. The van der Waals surface area contributed by atoms with E-state index in [1.165, 1.54) is 6.92 Å². The highest BCUT2D eigenvalue weighted by Gasteiger charge is 2.12. The van der Waals surface area contributed by atoms with Gasteiger partial charge in [0.2, 0.25) is 5.88 Å². The molecule has 0 unspecified atom stereocenters. The summed E-state index contributed by atoms with van der Waals surface area (Å²) in [6.07, 6.45) is 1.61. The van der Waals surface area contributed by atoms with Crippen molar-refractivity contribution in [2.45, 2.75) is 27.7 Å². The zero-order valence-electron chi connectivity index (χ0n) is 10.9. The van der Waals surface area contributed by atoms with E-state index in [2.05, 4.69) is 4.98 Å². The molecule has 4 nitrogen and oxygen atoms in total. The molecule has 0 bridgehead atoms. The third-order valence-electron chi connectivity index (χ3n) is 2.38.